The Bertz CT molecular complexity index is 647. The topological polar surface area (TPSA) is 130 Å². The molecule has 1 saturated heterocycles. The Morgan fingerprint density at radius 2 is 2.05 bits per heavy atom. The van der Waals surface area contributed by atoms with Crippen LogP contribution in [0.15, 0.2) is 6.33 Å². The first kappa shape index (κ1) is 14.1. The summed E-state index contributed by atoms with van der Waals surface area (Å²) in [7, 11) is 3.63. The largest absolute Gasteiger partial charge is 0.394 e. The van der Waals surface area contributed by atoms with Crippen molar-refractivity contribution in [3.63, 3.8) is 0 Å². The third kappa shape index (κ3) is 2.12. The number of fused-ring (bicyclic) bond motifs is 1. The maximum Gasteiger partial charge on any atom is 0.186 e. The summed E-state index contributed by atoms with van der Waals surface area (Å²) < 4.78 is 6.71. The normalized spacial score (nSPS) is 29.2. The van der Waals surface area contributed by atoms with Gasteiger partial charge in [-0.2, -0.15) is 4.68 Å². The van der Waals surface area contributed by atoms with Gasteiger partial charge in [0.15, 0.2) is 23.2 Å². The van der Waals surface area contributed by atoms with E-state index in [1.807, 2.05) is 14.1 Å². The van der Waals surface area contributed by atoms with Gasteiger partial charge in [-0.25, -0.2) is 9.97 Å². The molecule has 1 aliphatic rings. The number of ether oxygens (including phenoxy) is 1. The molecule has 0 bridgehead atoms. The third-order valence-corrected chi connectivity index (χ3v) is 3.42. The number of hydrogen-bond acceptors (Lipinski definition) is 9. The van der Waals surface area contributed by atoms with E-state index in [1.165, 1.54) is 11.0 Å². The van der Waals surface area contributed by atoms with Gasteiger partial charge in [0, 0.05) is 14.1 Å². The molecule has 0 aromatic carbocycles. The molecule has 0 unspecified atom stereocenters. The second kappa shape index (κ2) is 5.15. The van der Waals surface area contributed by atoms with E-state index in [0.29, 0.717) is 17.0 Å². The van der Waals surface area contributed by atoms with Crippen molar-refractivity contribution in [3.05, 3.63) is 6.33 Å². The van der Waals surface area contributed by atoms with Crippen molar-refractivity contribution in [2.24, 2.45) is 0 Å². The Labute approximate surface area is 119 Å². The fraction of sp³-hybridized carbons (Fsp3) is 0.636. The summed E-state index contributed by atoms with van der Waals surface area (Å²) in [6.45, 7) is -0.403. The summed E-state index contributed by atoms with van der Waals surface area (Å²) in [5, 5.41) is 36.9. The number of nitrogens with zero attached hydrogens (tertiary/aromatic N) is 6. The Kier molecular flexibility index (Phi) is 3.45. The van der Waals surface area contributed by atoms with Crippen LogP contribution in [0.5, 0.6) is 0 Å². The van der Waals surface area contributed by atoms with Crippen molar-refractivity contribution in [2.45, 2.75) is 24.5 Å². The van der Waals surface area contributed by atoms with Crippen LogP contribution in [0.2, 0.25) is 0 Å². The quantitative estimate of drug-likeness (QED) is 0.583. The summed E-state index contributed by atoms with van der Waals surface area (Å²) in [4.78, 5) is 9.99. The molecule has 3 N–H and O–H groups in total. The maximum atomic E-state index is 10.0. The van der Waals surface area contributed by atoms with Crippen LogP contribution in [0.1, 0.15) is 6.23 Å². The lowest BCUT2D eigenvalue weighted by molar-refractivity contribution is -0.0574. The van der Waals surface area contributed by atoms with Crippen LogP contribution in [0.3, 0.4) is 0 Å². The van der Waals surface area contributed by atoms with Gasteiger partial charge < -0.3 is 25.0 Å². The van der Waals surface area contributed by atoms with Crippen molar-refractivity contribution >= 4 is 17.0 Å². The number of aromatic nitrogens is 5. The number of hydrogen-bond donors (Lipinski definition) is 3. The fourth-order valence-corrected chi connectivity index (χ4v) is 2.33. The van der Waals surface area contributed by atoms with Gasteiger partial charge in [-0.3, -0.25) is 0 Å². The highest BCUT2D eigenvalue weighted by Gasteiger charge is 2.44. The maximum absolute atomic E-state index is 10.0. The minimum Gasteiger partial charge on any atom is -0.394 e. The predicted octanol–water partition coefficient (Wildman–Crippen LogP) is -2.10. The number of anilines is 1. The molecule has 1 fully saturated rings. The first-order valence-electron chi connectivity index (χ1n) is 6.40. The van der Waals surface area contributed by atoms with E-state index < -0.39 is 31.1 Å². The Morgan fingerprint density at radius 1 is 1.29 bits per heavy atom. The van der Waals surface area contributed by atoms with Crippen molar-refractivity contribution in [1.82, 2.24) is 25.0 Å². The lowest BCUT2D eigenvalue weighted by Crippen LogP contribution is -2.33. The van der Waals surface area contributed by atoms with Gasteiger partial charge in [-0.05, 0) is 0 Å². The molecule has 21 heavy (non-hydrogen) atoms. The molecule has 0 aliphatic carbocycles. The molecule has 2 aromatic rings. The molecule has 4 atom stereocenters. The third-order valence-electron chi connectivity index (χ3n) is 3.42. The monoisotopic (exact) mass is 296 g/mol. The highest BCUT2D eigenvalue weighted by atomic mass is 16.6. The Hall–Kier alpha value is -1.88. The van der Waals surface area contributed by atoms with Gasteiger partial charge in [0.1, 0.15) is 24.6 Å². The number of aliphatic hydroxyl groups is 3. The highest BCUT2D eigenvalue weighted by molar-refractivity contribution is 5.82. The van der Waals surface area contributed by atoms with Gasteiger partial charge in [-0.15, -0.1) is 5.10 Å². The van der Waals surface area contributed by atoms with E-state index >= 15 is 0 Å². The molecule has 0 amide bonds. The smallest absolute Gasteiger partial charge is 0.186 e. The zero-order chi connectivity index (χ0) is 15.1. The second-order valence-corrected chi connectivity index (χ2v) is 5.03. The molecule has 10 heteroatoms. The van der Waals surface area contributed by atoms with Crippen LogP contribution in [0.4, 0.5) is 5.82 Å². The zero-order valence-electron chi connectivity index (χ0n) is 11.5. The Balaban J connectivity index is 2.04. The van der Waals surface area contributed by atoms with E-state index in [-0.39, 0.29) is 0 Å². The number of aliphatic hydroxyl groups excluding tert-OH is 3. The summed E-state index contributed by atoms with van der Waals surface area (Å²) >= 11 is 0. The molecule has 2 aromatic heterocycles. The second-order valence-electron chi connectivity index (χ2n) is 5.03. The molecular weight excluding hydrogens is 280 g/mol. The van der Waals surface area contributed by atoms with Gasteiger partial charge in [0.05, 0.1) is 6.61 Å². The summed E-state index contributed by atoms with van der Waals surface area (Å²) in [6, 6.07) is 0. The minimum atomic E-state index is -1.23. The molecular formula is C11H16N6O4. The van der Waals surface area contributed by atoms with Crippen molar-refractivity contribution in [1.29, 1.82) is 0 Å². The highest BCUT2D eigenvalue weighted by Crippen LogP contribution is 2.31. The van der Waals surface area contributed by atoms with E-state index in [0.717, 1.165) is 0 Å². The standard InChI is InChI=1S/C11H16N6O4/c1-16(2)9-6-10(13-4-12-9)17(15-14-6)11-8(20)7(19)5(3-18)21-11/h4-5,7-8,11,18-20H,3H2,1-2H3/t5-,7+,8-,11-/m0/s1. The van der Waals surface area contributed by atoms with E-state index in [2.05, 4.69) is 20.3 Å². The lowest BCUT2D eigenvalue weighted by atomic mass is 10.1. The van der Waals surface area contributed by atoms with Crippen molar-refractivity contribution < 1.29 is 20.1 Å². The molecule has 114 valence electrons. The molecule has 0 spiro atoms. The van der Waals surface area contributed by atoms with E-state index in [1.54, 1.807) is 4.90 Å². The van der Waals surface area contributed by atoms with Gasteiger partial charge in [-0.1, -0.05) is 5.21 Å². The van der Waals surface area contributed by atoms with Crippen LogP contribution < -0.4 is 4.90 Å². The van der Waals surface area contributed by atoms with Gasteiger partial charge in [0.2, 0.25) is 0 Å². The lowest BCUT2D eigenvalue weighted by Gasteiger charge is -2.15. The molecule has 0 radical (unpaired) electrons. The first-order chi connectivity index (χ1) is 10.0. The van der Waals surface area contributed by atoms with Crippen LogP contribution in [-0.4, -0.2) is 79.3 Å². The molecule has 1 aliphatic heterocycles. The minimum absolute atomic E-state index is 0.378. The zero-order valence-corrected chi connectivity index (χ0v) is 11.5. The predicted molar refractivity (Wildman–Crippen MR) is 70.5 cm³/mol. The van der Waals surface area contributed by atoms with Crippen LogP contribution in [-0.2, 0) is 4.74 Å². The first-order valence-corrected chi connectivity index (χ1v) is 6.40. The summed E-state index contributed by atoms with van der Waals surface area (Å²) in [5.41, 5.74) is 0.837. The molecule has 3 heterocycles. The SMILES string of the molecule is CN(C)c1ncnc2c1nnn2[C@H]1O[C@@H](CO)[C@@H](O)[C@@H]1O. The average Bonchev–Trinajstić information content (AvgIpc) is 3.01. The van der Waals surface area contributed by atoms with E-state index in [9.17, 15) is 10.2 Å². The van der Waals surface area contributed by atoms with Crippen LogP contribution in [0, 0.1) is 0 Å². The molecule has 0 saturated carbocycles. The average molecular weight is 296 g/mol. The van der Waals surface area contributed by atoms with Crippen molar-refractivity contribution in [3.8, 4) is 0 Å². The van der Waals surface area contributed by atoms with Crippen LogP contribution in [0.25, 0.3) is 11.2 Å². The van der Waals surface area contributed by atoms with Crippen LogP contribution >= 0.6 is 0 Å². The number of rotatable bonds is 3. The molecule has 10 nitrogen and oxygen atoms in total. The summed E-state index contributed by atoms with van der Waals surface area (Å²) in [5.74, 6) is 0.581. The van der Waals surface area contributed by atoms with Gasteiger partial charge >= 0.3 is 0 Å². The molecule has 3 rings (SSSR count). The van der Waals surface area contributed by atoms with E-state index in [4.69, 9.17) is 9.84 Å². The van der Waals surface area contributed by atoms with Crippen molar-refractivity contribution in [2.75, 3.05) is 25.6 Å². The van der Waals surface area contributed by atoms with Gasteiger partial charge in [0.25, 0.3) is 0 Å². The Morgan fingerprint density at radius 3 is 2.67 bits per heavy atom. The summed E-state index contributed by atoms with van der Waals surface area (Å²) in [6.07, 6.45) is -2.91. The fourth-order valence-electron chi connectivity index (χ4n) is 2.33.